The molecular weight excluding hydrogens is 279 g/mol. The fourth-order valence-electron chi connectivity index (χ4n) is 2.45. The Morgan fingerprint density at radius 1 is 1.40 bits per heavy atom. The first-order valence-electron chi connectivity index (χ1n) is 6.87. The first-order valence-corrected chi connectivity index (χ1v) is 8.36. The van der Waals surface area contributed by atoms with Crippen molar-refractivity contribution in [3.8, 4) is 0 Å². The lowest BCUT2D eigenvalue weighted by Crippen LogP contribution is -2.42. The zero-order chi connectivity index (χ0) is 14.8. The highest BCUT2D eigenvalue weighted by molar-refractivity contribution is 7.89. The Labute approximate surface area is 119 Å². The lowest BCUT2D eigenvalue weighted by Gasteiger charge is -2.27. The van der Waals surface area contributed by atoms with E-state index in [0.717, 1.165) is 19.4 Å². The number of halogens is 1. The summed E-state index contributed by atoms with van der Waals surface area (Å²) < 4.78 is 40.1. The molecule has 1 aliphatic heterocycles. The van der Waals surface area contributed by atoms with E-state index >= 15 is 0 Å². The van der Waals surface area contributed by atoms with Crippen LogP contribution >= 0.6 is 0 Å². The van der Waals surface area contributed by atoms with Crippen molar-refractivity contribution in [2.45, 2.75) is 37.6 Å². The van der Waals surface area contributed by atoms with Gasteiger partial charge in [-0.3, -0.25) is 0 Å². The van der Waals surface area contributed by atoms with Gasteiger partial charge >= 0.3 is 0 Å². The van der Waals surface area contributed by atoms with E-state index in [1.165, 1.54) is 18.2 Å². The van der Waals surface area contributed by atoms with E-state index in [2.05, 4.69) is 17.0 Å². The molecule has 2 unspecified atom stereocenters. The molecule has 1 aromatic rings. The highest BCUT2D eigenvalue weighted by atomic mass is 32.2. The first-order chi connectivity index (χ1) is 9.38. The highest BCUT2D eigenvalue weighted by Crippen LogP contribution is 2.18. The number of sulfonamides is 1. The lowest BCUT2D eigenvalue weighted by atomic mass is 9.96. The molecule has 2 atom stereocenters. The monoisotopic (exact) mass is 300 g/mol. The third kappa shape index (κ3) is 3.77. The lowest BCUT2D eigenvalue weighted by molar-refractivity contribution is 0.323. The summed E-state index contributed by atoms with van der Waals surface area (Å²) in [6.07, 6.45) is 2.07. The maximum atomic E-state index is 13.0. The van der Waals surface area contributed by atoms with Gasteiger partial charge < -0.3 is 5.32 Å². The van der Waals surface area contributed by atoms with Crippen LogP contribution in [0.3, 0.4) is 0 Å². The summed E-state index contributed by atoms with van der Waals surface area (Å²) in [4.78, 5) is 0.149. The molecule has 0 aromatic heterocycles. The second-order valence-electron chi connectivity index (χ2n) is 5.51. The molecule has 112 valence electrons. The third-order valence-corrected chi connectivity index (χ3v) is 5.34. The Bertz CT molecular complexity index is 567. The molecule has 4 nitrogen and oxygen atoms in total. The summed E-state index contributed by atoms with van der Waals surface area (Å²) in [5.74, 6) is -0.117. The zero-order valence-corrected chi connectivity index (χ0v) is 12.6. The number of hydrogen-bond donors (Lipinski definition) is 2. The minimum atomic E-state index is -3.57. The molecule has 1 saturated heterocycles. The average molecular weight is 300 g/mol. The number of nitrogens with one attached hydrogen (secondary N) is 2. The summed E-state index contributed by atoms with van der Waals surface area (Å²) in [6, 6.07) is 4.22. The standard InChI is InChI=1S/C14H21FN2O2S/c1-10-7-13(15)5-6-14(10)20(18,19)17-9-12-4-3-11(2)16-8-12/h5-7,11-12,16-17H,3-4,8-9H2,1-2H3. The number of rotatable bonds is 4. The molecule has 0 aliphatic carbocycles. The molecule has 1 aromatic carbocycles. The van der Waals surface area contributed by atoms with E-state index in [1.807, 2.05) is 0 Å². The first kappa shape index (κ1) is 15.4. The molecule has 2 rings (SSSR count). The fraction of sp³-hybridized carbons (Fsp3) is 0.571. The minimum absolute atomic E-state index is 0.149. The van der Waals surface area contributed by atoms with Gasteiger partial charge in [0.2, 0.25) is 10.0 Å². The number of benzene rings is 1. The van der Waals surface area contributed by atoms with Gasteiger partial charge in [-0.15, -0.1) is 0 Å². The van der Waals surface area contributed by atoms with Gasteiger partial charge in [0.15, 0.2) is 0 Å². The van der Waals surface area contributed by atoms with Crippen molar-refractivity contribution >= 4 is 10.0 Å². The van der Waals surface area contributed by atoms with Crippen molar-refractivity contribution in [1.29, 1.82) is 0 Å². The van der Waals surface area contributed by atoms with Crippen molar-refractivity contribution < 1.29 is 12.8 Å². The van der Waals surface area contributed by atoms with E-state index in [0.29, 0.717) is 24.1 Å². The van der Waals surface area contributed by atoms with Crippen molar-refractivity contribution in [2.75, 3.05) is 13.1 Å². The van der Waals surface area contributed by atoms with E-state index in [-0.39, 0.29) is 4.90 Å². The molecule has 0 saturated carbocycles. The molecule has 1 fully saturated rings. The van der Waals surface area contributed by atoms with Crippen LogP contribution in [0, 0.1) is 18.7 Å². The minimum Gasteiger partial charge on any atom is -0.314 e. The number of hydrogen-bond acceptors (Lipinski definition) is 3. The summed E-state index contributed by atoms with van der Waals surface area (Å²) in [5, 5.41) is 3.34. The molecule has 1 heterocycles. The second kappa shape index (κ2) is 6.20. The van der Waals surface area contributed by atoms with Gasteiger partial charge in [0.05, 0.1) is 4.90 Å². The molecule has 0 radical (unpaired) electrons. The summed E-state index contributed by atoms with van der Waals surface area (Å²) in [6.45, 7) is 4.97. The largest absolute Gasteiger partial charge is 0.314 e. The van der Waals surface area contributed by atoms with Crippen LogP contribution in [0.1, 0.15) is 25.3 Å². The Morgan fingerprint density at radius 2 is 2.15 bits per heavy atom. The maximum Gasteiger partial charge on any atom is 0.240 e. The molecule has 6 heteroatoms. The van der Waals surface area contributed by atoms with Crippen LogP contribution in [0.15, 0.2) is 23.1 Å². The predicted octanol–water partition coefficient (Wildman–Crippen LogP) is 1.80. The van der Waals surface area contributed by atoms with E-state index in [9.17, 15) is 12.8 Å². The number of aryl methyl sites for hydroxylation is 1. The SMILES string of the molecule is Cc1cc(F)ccc1S(=O)(=O)NCC1CCC(C)NC1. The fourth-order valence-corrected chi connectivity index (χ4v) is 3.79. The molecule has 2 N–H and O–H groups in total. The normalized spacial score (nSPS) is 23.8. The van der Waals surface area contributed by atoms with Crippen molar-refractivity contribution in [1.82, 2.24) is 10.0 Å². The highest BCUT2D eigenvalue weighted by Gasteiger charge is 2.22. The molecular formula is C14H21FN2O2S. The topological polar surface area (TPSA) is 58.2 Å². The molecule has 0 spiro atoms. The average Bonchev–Trinajstić information content (AvgIpc) is 2.37. The molecule has 1 aliphatic rings. The Balaban J connectivity index is 2.00. The Kier molecular flexibility index (Phi) is 4.78. The van der Waals surface area contributed by atoms with Crippen molar-refractivity contribution in [2.24, 2.45) is 5.92 Å². The van der Waals surface area contributed by atoms with Crippen LogP contribution in [0.5, 0.6) is 0 Å². The van der Waals surface area contributed by atoms with Crippen LogP contribution in [-0.4, -0.2) is 27.5 Å². The van der Waals surface area contributed by atoms with Gasteiger partial charge in [0.1, 0.15) is 5.82 Å². The molecule has 0 amide bonds. The zero-order valence-electron chi connectivity index (χ0n) is 11.8. The molecule has 20 heavy (non-hydrogen) atoms. The Morgan fingerprint density at radius 3 is 2.75 bits per heavy atom. The van der Waals surface area contributed by atoms with Crippen LogP contribution in [0.4, 0.5) is 4.39 Å². The van der Waals surface area contributed by atoms with Crippen molar-refractivity contribution in [3.05, 3.63) is 29.6 Å². The van der Waals surface area contributed by atoms with Gasteiger partial charge in [-0.1, -0.05) is 0 Å². The van der Waals surface area contributed by atoms with Crippen LogP contribution in [-0.2, 0) is 10.0 Å². The van der Waals surface area contributed by atoms with Gasteiger partial charge in [-0.25, -0.2) is 17.5 Å². The molecule has 0 bridgehead atoms. The van der Waals surface area contributed by atoms with E-state index < -0.39 is 15.8 Å². The third-order valence-electron chi connectivity index (χ3n) is 3.75. The van der Waals surface area contributed by atoms with Crippen LogP contribution < -0.4 is 10.0 Å². The Hall–Kier alpha value is -0.980. The maximum absolute atomic E-state index is 13.0. The van der Waals surface area contributed by atoms with E-state index in [4.69, 9.17) is 0 Å². The van der Waals surface area contributed by atoms with Crippen LogP contribution in [0.2, 0.25) is 0 Å². The van der Waals surface area contributed by atoms with Gasteiger partial charge in [0, 0.05) is 12.6 Å². The van der Waals surface area contributed by atoms with Gasteiger partial charge in [-0.05, 0) is 62.9 Å². The number of piperidine rings is 1. The quantitative estimate of drug-likeness (QED) is 0.891. The second-order valence-corrected chi connectivity index (χ2v) is 7.25. The van der Waals surface area contributed by atoms with Gasteiger partial charge in [0.25, 0.3) is 0 Å². The summed E-state index contributed by atoms with van der Waals surface area (Å²) in [5.41, 5.74) is 0.424. The smallest absolute Gasteiger partial charge is 0.240 e. The van der Waals surface area contributed by atoms with E-state index in [1.54, 1.807) is 6.92 Å². The summed E-state index contributed by atoms with van der Waals surface area (Å²) in [7, 11) is -3.57. The van der Waals surface area contributed by atoms with Gasteiger partial charge in [-0.2, -0.15) is 0 Å². The summed E-state index contributed by atoms with van der Waals surface area (Å²) >= 11 is 0. The predicted molar refractivity (Wildman–Crippen MR) is 76.5 cm³/mol. The van der Waals surface area contributed by atoms with Crippen molar-refractivity contribution in [3.63, 3.8) is 0 Å². The van der Waals surface area contributed by atoms with Crippen LogP contribution in [0.25, 0.3) is 0 Å².